The standard InChI is InChI=1S/C22H14F5N5OS.C5H10FN/c23-13-4-1-5-14(24)12(13)10-34-32-20-15(25)9-17(18(26)19(20)27)33-21-11(3-2-7-29-21)16-6-8-30-22(28)31-16;6-5-2-1-3-7-4-5/h1-9,32H,10H2,(H2,28,30,31);5,7H,1-4H2. The van der Waals surface area contributed by atoms with Gasteiger partial charge in [0.1, 0.15) is 23.5 Å². The van der Waals surface area contributed by atoms with Gasteiger partial charge in [0.05, 0.1) is 11.3 Å². The highest BCUT2D eigenvalue weighted by Gasteiger charge is 2.22. The number of ether oxygens (including phenoxy) is 1. The summed E-state index contributed by atoms with van der Waals surface area (Å²) in [5, 5.41) is 2.96. The predicted octanol–water partition coefficient (Wildman–Crippen LogP) is 6.58. The molecule has 1 aliphatic heterocycles. The topological polar surface area (TPSA) is 98.0 Å². The highest BCUT2D eigenvalue weighted by Crippen LogP contribution is 2.36. The number of nitrogens with two attached hydrogens (primary N) is 1. The molecule has 0 bridgehead atoms. The van der Waals surface area contributed by atoms with Gasteiger partial charge < -0.3 is 20.5 Å². The molecule has 4 aromatic rings. The van der Waals surface area contributed by atoms with Crippen LogP contribution in [0.15, 0.2) is 54.9 Å². The van der Waals surface area contributed by atoms with Crippen LogP contribution >= 0.6 is 11.9 Å². The Morgan fingerprint density at radius 1 is 0.976 bits per heavy atom. The van der Waals surface area contributed by atoms with Gasteiger partial charge >= 0.3 is 0 Å². The third-order valence-electron chi connectivity index (χ3n) is 5.74. The average molecular weight is 595 g/mol. The lowest BCUT2D eigenvalue weighted by Crippen LogP contribution is -2.30. The summed E-state index contributed by atoms with van der Waals surface area (Å²) < 4.78 is 91.0. The number of nitrogens with one attached hydrogen (secondary N) is 2. The van der Waals surface area contributed by atoms with E-state index in [4.69, 9.17) is 10.5 Å². The van der Waals surface area contributed by atoms with Gasteiger partial charge in [-0.05, 0) is 61.7 Å². The number of anilines is 2. The summed E-state index contributed by atoms with van der Waals surface area (Å²) in [4.78, 5) is 11.8. The number of halogens is 6. The van der Waals surface area contributed by atoms with Crippen molar-refractivity contribution >= 4 is 23.6 Å². The molecule has 7 nitrogen and oxygen atoms in total. The van der Waals surface area contributed by atoms with Gasteiger partial charge in [0.25, 0.3) is 0 Å². The highest BCUT2D eigenvalue weighted by atomic mass is 32.2. The normalized spacial score (nSPS) is 14.6. The Kier molecular flexibility index (Phi) is 10.2. The molecule has 2 aromatic heterocycles. The van der Waals surface area contributed by atoms with E-state index in [1.165, 1.54) is 24.5 Å². The maximum Gasteiger partial charge on any atom is 0.228 e. The molecule has 41 heavy (non-hydrogen) atoms. The molecule has 14 heteroatoms. The van der Waals surface area contributed by atoms with Crippen LogP contribution in [0.4, 0.5) is 38.0 Å². The molecule has 0 amide bonds. The number of benzene rings is 2. The van der Waals surface area contributed by atoms with Gasteiger partial charge in [-0.3, -0.25) is 0 Å². The third-order valence-corrected chi connectivity index (χ3v) is 6.52. The summed E-state index contributed by atoms with van der Waals surface area (Å²) in [6.07, 6.45) is 3.91. The van der Waals surface area contributed by atoms with E-state index in [9.17, 15) is 26.3 Å². The van der Waals surface area contributed by atoms with E-state index >= 15 is 0 Å². The van der Waals surface area contributed by atoms with E-state index in [0.717, 1.165) is 31.5 Å². The second kappa shape index (κ2) is 14.0. The number of nitrogens with zero attached hydrogens (tertiary/aromatic N) is 3. The molecule has 1 atom stereocenters. The molecule has 1 saturated heterocycles. The lowest BCUT2D eigenvalue weighted by molar-refractivity contribution is 0.266. The molecular weight excluding hydrogens is 570 g/mol. The molecular formula is C27H24F6N6OS. The summed E-state index contributed by atoms with van der Waals surface area (Å²) in [6.45, 7) is 1.57. The highest BCUT2D eigenvalue weighted by molar-refractivity contribution is 7.99. The van der Waals surface area contributed by atoms with Crippen LogP contribution in [0.1, 0.15) is 18.4 Å². The summed E-state index contributed by atoms with van der Waals surface area (Å²) >= 11 is 0.580. The van der Waals surface area contributed by atoms with E-state index in [2.05, 4.69) is 25.0 Å². The first kappa shape index (κ1) is 29.9. The van der Waals surface area contributed by atoms with Crippen molar-refractivity contribution in [3.63, 3.8) is 0 Å². The van der Waals surface area contributed by atoms with Crippen molar-refractivity contribution in [2.24, 2.45) is 0 Å². The van der Waals surface area contributed by atoms with Gasteiger partial charge in [-0.1, -0.05) is 6.07 Å². The molecule has 0 spiro atoms. The number of pyridine rings is 1. The first-order valence-electron chi connectivity index (χ1n) is 12.3. The fourth-order valence-corrected chi connectivity index (χ4v) is 4.52. The van der Waals surface area contributed by atoms with Gasteiger partial charge in [-0.15, -0.1) is 0 Å². The van der Waals surface area contributed by atoms with E-state index in [1.54, 1.807) is 12.1 Å². The number of aromatic nitrogens is 3. The van der Waals surface area contributed by atoms with Crippen molar-refractivity contribution < 1.29 is 31.1 Å². The van der Waals surface area contributed by atoms with E-state index in [-0.39, 0.29) is 28.7 Å². The van der Waals surface area contributed by atoms with Crippen LogP contribution < -0.4 is 20.5 Å². The van der Waals surface area contributed by atoms with E-state index in [0.29, 0.717) is 30.3 Å². The zero-order valence-corrected chi connectivity index (χ0v) is 22.1. The zero-order valence-electron chi connectivity index (χ0n) is 21.3. The van der Waals surface area contributed by atoms with Crippen molar-refractivity contribution in [2.75, 3.05) is 23.5 Å². The Morgan fingerprint density at radius 2 is 1.76 bits per heavy atom. The minimum absolute atomic E-state index is 0.0289. The van der Waals surface area contributed by atoms with Crippen LogP contribution in [-0.2, 0) is 5.75 Å². The molecule has 5 rings (SSSR count). The largest absolute Gasteiger partial charge is 0.435 e. The first-order chi connectivity index (χ1) is 19.7. The molecule has 0 radical (unpaired) electrons. The number of hydrogen-bond acceptors (Lipinski definition) is 8. The average Bonchev–Trinajstić information content (AvgIpc) is 2.96. The Bertz CT molecular complexity index is 1470. The fraction of sp³-hybridized carbons (Fsp3) is 0.222. The van der Waals surface area contributed by atoms with Crippen LogP contribution in [0.3, 0.4) is 0 Å². The summed E-state index contributed by atoms with van der Waals surface area (Å²) in [5.74, 6) is -7.20. The third kappa shape index (κ3) is 7.79. The maximum absolute atomic E-state index is 14.7. The van der Waals surface area contributed by atoms with Crippen molar-refractivity contribution in [2.45, 2.75) is 24.8 Å². The van der Waals surface area contributed by atoms with Crippen molar-refractivity contribution in [1.82, 2.24) is 20.3 Å². The van der Waals surface area contributed by atoms with Crippen molar-refractivity contribution in [3.8, 4) is 22.9 Å². The SMILES string of the molecule is FC1CCCNC1.Nc1nccc(-c2cccnc2Oc2cc(F)c(NSCc3c(F)cccc3F)c(F)c2F)n1. The molecule has 1 aliphatic rings. The molecule has 3 heterocycles. The number of piperidine rings is 1. The molecule has 0 saturated carbocycles. The first-order valence-corrected chi connectivity index (χ1v) is 13.3. The van der Waals surface area contributed by atoms with Gasteiger partial charge in [-0.2, -0.15) is 4.39 Å². The van der Waals surface area contributed by atoms with Gasteiger partial charge in [0.2, 0.25) is 17.6 Å². The summed E-state index contributed by atoms with van der Waals surface area (Å²) in [6, 6.07) is 8.51. The number of hydrogen-bond donors (Lipinski definition) is 3. The Labute approximate surface area is 235 Å². The Morgan fingerprint density at radius 3 is 2.41 bits per heavy atom. The number of rotatable bonds is 7. The monoisotopic (exact) mass is 594 g/mol. The maximum atomic E-state index is 14.7. The van der Waals surface area contributed by atoms with Gasteiger partial charge in [0.15, 0.2) is 17.4 Å². The van der Waals surface area contributed by atoms with Crippen LogP contribution in [-0.4, -0.2) is 34.2 Å². The summed E-state index contributed by atoms with van der Waals surface area (Å²) in [7, 11) is 0. The molecule has 0 aliphatic carbocycles. The minimum atomic E-state index is -1.58. The van der Waals surface area contributed by atoms with Crippen LogP contribution in [0.5, 0.6) is 11.6 Å². The summed E-state index contributed by atoms with van der Waals surface area (Å²) in [5.41, 5.74) is 5.02. The van der Waals surface area contributed by atoms with Gasteiger partial charge in [-0.25, -0.2) is 36.9 Å². The molecule has 1 unspecified atom stereocenters. The lowest BCUT2D eigenvalue weighted by atomic mass is 10.1. The number of nitrogen functional groups attached to an aromatic ring is 1. The second-order valence-electron chi connectivity index (χ2n) is 8.65. The van der Waals surface area contributed by atoms with Crippen LogP contribution in [0.2, 0.25) is 0 Å². The Balaban J connectivity index is 0.000000483. The number of alkyl halides is 1. The van der Waals surface area contributed by atoms with Gasteiger partial charge in [0, 0.05) is 36.3 Å². The second-order valence-corrected chi connectivity index (χ2v) is 9.43. The molecule has 4 N–H and O–H groups in total. The predicted molar refractivity (Wildman–Crippen MR) is 144 cm³/mol. The van der Waals surface area contributed by atoms with Crippen molar-refractivity contribution in [1.29, 1.82) is 0 Å². The lowest BCUT2D eigenvalue weighted by Gasteiger charge is -2.14. The smallest absolute Gasteiger partial charge is 0.228 e. The fourth-order valence-electron chi connectivity index (χ4n) is 3.70. The molecule has 2 aromatic carbocycles. The molecule has 1 fully saturated rings. The molecule has 216 valence electrons. The van der Waals surface area contributed by atoms with Crippen LogP contribution in [0.25, 0.3) is 11.3 Å². The minimum Gasteiger partial charge on any atom is -0.435 e. The van der Waals surface area contributed by atoms with Crippen LogP contribution in [0, 0.1) is 29.1 Å². The van der Waals surface area contributed by atoms with E-state index < -0.39 is 46.7 Å². The Hall–Kier alpha value is -4.04. The van der Waals surface area contributed by atoms with E-state index in [1.807, 2.05) is 0 Å². The van der Waals surface area contributed by atoms with Crippen molar-refractivity contribution in [3.05, 3.63) is 89.5 Å². The zero-order chi connectivity index (χ0) is 29.4. The quantitative estimate of drug-likeness (QED) is 0.126.